The number of amides is 2. The molecule has 0 heterocycles. The molecule has 0 aliphatic carbocycles. The zero-order valence-electron chi connectivity index (χ0n) is 11.6. The summed E-state index contributed by atoms with van der Waals surface area (Å²) in [6.07, 6.45) is 0.984. The van der Waals surface area contributed by atoms with Crippen LogP contribution in [0.5, 0.6) is 5.75 Å². The lowest BCUT2D eigenvalue weighted by atomic mass is 10.1. The standard InChI is InChI=1S/C16H18N2O2/c1-3-12-4-6-13(7-5-12)17-16(19)18-14-8-10-15(20-2)11-9-14/h4-11H,3H2,1-2H3,(H2,17,18,19). The van der Waals surface area contributed by atoms with E-state index < -0.39 is 0 Å². The van der Waals surface area contributed by atoms with Crippen molar-refractivity contribution in [1.82, 2.24) is 0 Å². The molecule has 0 aliphatic rings. The lowest BCUT2D eigenvalue weighted by molar-refractivity contribution is 0.262. The molecule has 0 atom stereocenters. The van der Waals surface area contributed by atoms with Gasteiger partial charge in [0.05, 0.1) is 7.11 Å². The van der Waals surface area contributed by atoms with Crippen LogP contribution in [0.4, 0.5) is 16.2 Å². The summed E-state index contributed by atoms with van der Waals surface area (Å²) in [6.45, 7) is 2.10. The smallest absolute Gasteiger partial charge is 0.323 e. The van der Waals surface area contributed by atoms with Crippen LogP contribution in [0.15, 0.2) is 48.5 Å². The van der Waals surface area contributed by atoms with Gasteiger partial charge in [-0.3, -0.25) is 0 Å². The van der Waals surface area contributed by atoms with Crippen molar-refractivity contribution in [3.63, 3.8) is 0 Å². The number of nitrogens with one attached hydrogen (secondary N) is 2. The van der Waals surface area contributed by atoms with Crippen LogP contribution in [0, 0.1) is 0 Å². The number of hydrogen-bond acceptors (Lipinski definition) is 2. The molecular weight excluding hydrogens is 252 g/mol. The van der Waals surface area contributed by atoms with E-state index in [0.29, 0.717) is 5.69 Å². The van der Waals surface area contributed by atoms with Gasteiger partial charge in [0.2, 0.25) is 0 Å². The molecule has 2 aromatic rings. The molecule has 0 fully saturated rings. The van der Waals surface area contributed by atoms with Gasteiger partial charge in [-0.15, -0.1) is 0 Å². The first-order valence-electron chi connectivity index (χ1n) is 6.52. The van der Waals surface area contributed by atoms with Crippen LogP contribution in [0.3, 0.4) is 0 Å². The van der Waals surface area contributed by atoms with Crippen LogP contribution in [-0.2, 0) is 6.42 Å². The summed E-state index contributed by atoms with van der Waals surface area (Å²) >= 11 is 0. The number of benzene rings is 2. The minimum atomic E-state index is -0.264. The third kappa shape index (κ3) is 3.75. The molecule has 2 rings (SSSR count). The molecule has 0 aromatic heterocycles. The average Bonchev–Trinajstić information content (AvgIpc) is 2.49. The van der Waals surface area contributed by atoms with Crippen molar-refractivity contribution in [2.45, 2.75) is 13.3 Å². The van der Waals surface area contributed by atoms with Gasteiger partial charge in [-0.2, -0.15) is 0 Å². The third-order valence-corrected chi connectivity index (χ3v) is 2.97. The minimum Gasteiger partial charge on any atom is -0.497 e. The van der Waals surface area contributed by atoms with Crippen LogP contribution in [0.25, 0.3) is 0 Å². The lowest BCUT2D eigenvalue weighted by Crippen LogP contribution is -2.19. The molecule has 0 unspecified atom stereocenters. The van der Waals surface area contributed by atoms with Gasteiger partial charge in [-0.05, 0) is 48.4 Å². The number of hydrogen-bond donors (Lipinski definition) is 2. The van der Waals surface area contributed by atoms with Crippen molar-refractivity contribution in [3.05, 3.63) is 54.1 Å². The predicted octanol–water partition coefficient (Wildman–Crippen LogP) is 3.90. The fourth-order valence-electron chi connectivity index (χ4n) is 1.79. The van der Waals surface area contributed by atoms with E-state index in [1.807, 2.05) is 24.3 Å². The van der Waals surface area contributed by atoms with E-state index in [1.54, 1.807) is 31.4 Å². The van der Waals surface area contributed by atoms with Crippen LogP contribution < -0.4 is 15.4 Å². The van der Waals surface area contributed by atoms with Crippen molar-refractivity contribution >= 4 is 17.4 Å². The van der Waals surface area contributed by atoms with E-state index in [9.17, 15) is 4.79 Å². The van der Waals surface area contributed by atoms with Crippen LogP contribution in [-0.4, -0.2) is 13.1 Å². The Balaban J connectivity index is 1.93. The normalized spacial score (nSPS) is 9.90. The fraction of sp³-hybridized carbons (Fsp3) is 0.188. The number of anilines is 2. The van der Waals surface area contributed by atoms with Crippen molar-refractivity contribution in [3.8, 4) is 5.75 Å². The van der Waals surface area contributed by atoms with Gasteiger partial charge in [0.1, 0.15) is 5.75 Å². The maximum absolute atomic E-state index is 11.8. The highest BCUT2D eigenvalue weighted by molar-refractivity contribution is 5.99. The lowest BCUT2D eigenvalue weighted by Gasteiger charge is -2.08. The second-order valence-electron chi connectivity index (χ2n) is 4.36. The molecule has 0 bridgehead atoms. The number of carbonyl (C=O) groups is 1. The van der Waals surface area contributed by atoms with Gasteiger partial charge in [0.15, 0.2) is 0 Å². The number of rotatable bonds is 4. The highest BCUT2D eigenvalue weighted by Crippen LogP contribution is 2.15. The first kappa shape index (κ1) is 13.9. The van der Waals surface area contributed by atoms with Crippen molar-refractivity contribution in [1.29, 1.82) is 0 Å². The first-order valence-corrected chi connectivity index (χ1v) is 6.52. The second kappa shape index (κ2) is 6.61. The van der Waals surface area contributed by atoms with Gasteiger partial charge >= 0.3 is 6.03 Å². The summed E-state index contributed by atoms with van der Waals surface area (Å²) in [5.74, 6) is 0.756. The van der Waals surface area contributed by atoms with Gasteiger partial charge in [-0.1, -0.05) is 19.1 Å². The summed E-state index contributed by atoms with van der Waals surface area (Å²) in [4.78, 5) is 11.8. The molecule has 2 aromatic carbocycles. The highest BCUT2D eigenvalue weighted by atomic mass is 16.5. The second-order valence-corrected chi connectivity index (χ2v) is 4.36. The van der Waals surface area contributed by atoms with E-state index in [-0.39, 0.29) is 6.03 Å². The van der Waals surface area contributed by atoms with Crippen LogP contribution in [0.1, 0.15) is 12.5 Å². The summed E-state index contributed by atoms with van der Waals surface area (Å²) in [6, 6.07) is 14.7. The topological polar surface area (TPSA) is 50.4 Å². The van der Waals surface area contributed by atoms with Gasteiger partial charge in [0, 0.05) is 11.4 Å². The van der Waals surface area contributed by atoms with E-state index in [1.165, 1.54) is 5.56 Å². The summed E-state index contributed by atoms with van der Waals surface area (Å²) in [5, 5.41) is 5.55. The Hall–Kier alpha value is -2.49. The van der Waals surface area contributed by atoms with E-state index in [0.717, 1.165) is 17.9 Å². The molecule has 4 heteroatoms. The first-order chi connectivity index (χ1) is 9.71. The van der Waals surface area contributed by atoms with Crippen molar-refractivity contribution < 1.29 is 9.53 Å². The maximum atomic E-state index is 11.8. The molecule has 0 aliphatic heterocycles. The van der Waals surface area contributed by atoms with Gasteiger partial charge < -0.3 is 15.4 Å². The van der Waals surface area contributed by atoms with Crippen LogP contribution in [0.2, 0.25) is 0 Å². The molecule has 2 amide bonds. The number of methoxy groups -OCH3 is 1. The van der Waals surface area contributed by atoms with E-state index in [4.69, 9.17) is 4.74 Å². The van der Waals surface area contributed by atoms with Crippen molar-refractivity contribution in [2.75, 3.05) is 17.7 Å². The molecule has 104 valence electrons. The summed E-state index contributed by atoms with van der Waals surface area (Å²) in [5.41, 5.74) is 2.73. The Kier molecular flexibility index (Phi) is 4.60. The van der Waals surface area contributed by atoms with Crippen molar-refractivity contribution in [2.24, 2.45) is 0 Å². The number of aryl methyl sites for hydroxylation is 1. The van der Waals surface area contributed by atoms with E-state index >= 15 is 0 Å². The quantitative estimate of drug-likeness (QED) is 0.885. The molecule has 0 spiro atoms. The molecule has 20 heavy (non-hydrogen) atoms. The highest BCUT2D eigenvalue weighted by Gasteiger charge is 2.02. The number of ether oxygens (including phenoxy) is 1. The molecule has 2 N–H and O–H groups in total. The minimum absolute atomic E-state index is 0.264. The molecule has 0 saturated heterocycles. The summed E-state index contributed by atoms with van der Waals surface area (Å²) < 4.78 is 5.06. The average molecular weight is 270 g/mol. The Labute approximate surface area is 118 Å². The molecular formula is C16H18N2O2. The maximum Gasteiger partial charge on any atom is 0.323 e. The molecule has 4 nitrogen and oxygen atoms in total. The number of carbonyl (C=O) groups excluding carboxylic acids is 1. The molecule has 0 saturated carbocycles. The SMILES string of the molecule is CCc1ccc(NC(=O)Nc2ccc(OC)cc2)cc1. The zero-order chi connectivity index (χ0) is 14.4. The fourth-order valence-corrected chi connectivity index (χ4v) is 1.79. The Bertz CT molecular complexity index is 511. The third-order valence-electron chi connectivity index (χ3n) is 2.97. The van der Waals surface area contributed by atoms with Gasteiger partial charge in [-0.25, -0.2) is 4.79 Å². The van der Waals surface area contributed by atoms with E-state index in [2.05, 4.69) is 17.6 Å². The zero-order valence-corrected chi connectivity index (χ0v) is 11.6. The van der Waals surface area contributed by atoms with Crippen LogP contribution >= 0.6 is 0 Å². The largest absolute Gasteiger partial charge is 0.497 e. The Morgan fingerprint density at radius 1 is 0.950 bits per heavy atom. The number of urea groups is 1. The van der Waals surface area contributed by atoms with Gasteiger partial charge in [0.25, 0.3) is 0 Å². The predicted molar refractivity (Wildman–Crippen MR) is 81.5 cm³/mol. The Morgan fingerprint density at radius 2 is 1.45 bits per heavy atom. The molecule has 0 radical (unpaired) electrons. The Morgan fingerprint density at radius 3 is 1.90 bits per heavy atom. The summed E-state index contributed by atoms with van der Waals surface area (Å²) in [7, 11) is 1.61. The monoisotopic (exact) mass is 270 g/mol.